The molecule has 0 bridgehead atoms. The molecule has 2 rings (SSSR count). The third kappa shape index (κ3) is 4.86. The molecule has 0 aliphatic carbocycles. The maximum absolute atomic E-state index is 13.1. The zero-order chi connectivity index (χ0) is 15.8. The maximum Gasteiger partial charge on any atom is 0.321 e. The standard InChI is InChI=1S/C17H19FN2O2/c18-15-7-4-8-16(13-15)19-17(22)20(11-12-21)10-9-14-5-2-1-3-6-14/h1-8,13,21H,9-12H2,(H,19,22). The van der Waals surface area contributed by atoms with E-state index >= 15 is 0 Å². The van der Waals surface area contributed by atoms with Gasteiger partial charge >= 0.3 is 6.03 Å². The van der Waals surface area contributed by atoms with Gasteiger partial charge in [0.1, 0.15) is 5.82 Å². The summed E-state index contributed by atoms with van der Waals surface area (Å²) in [5.74, 6) is -0.407. The first-order valence-electron chi connectivity index (χ1n) is 7.15. The molecule has 22 heavy (non-hydrogen) atoms. The van der Waals surface area contributed by atoms with E-state index in [1.54, 1.807) is 6.07 Å². The minimum absolute atomic E-state index is 0.120. The van der Waals surface area contributed by atoms with Gasteiger partial charge in [-0.05, 0) is 30.2 Å². The predicted octanol–water partition coefficient (Wildman–Crippen LogP) is 2.89. The highest BCUT2D eigenvalue weighted by Gasteiger charge is 2.13. The van der Waals surface area contributed by atoms with Crippen LogP contribution in [0.4, 0.5) is 14.9 Å². The number of rotatable bonds is 6. The van der Waals surface area contributed by atoms with Gasteiger partial charge in [0.15, 0.2) is 0 Å². The Bertz CT molecular complexity index is 605. The van der Waals surface area contributed by atoms with E-state index in [1.165, 1.54) is 23.1 Å². The maximum atomic E-state index is 13.1. The first-order chi connectivity index (χ1) is 10.7. The van der Waals surface area contributed by atoms with Crippen LogP contribution in [0.1, 0.15) is 5.56 Å². The SMILES string of the molecule is O=C(Nc1cccc(F)c1)N(CCO)CCc1ccccc1. The van der Waals surface area contributed by atoms with Crippen LogP contribution in [0.25, 0.3) is 0 Å². The second-order valence-electron chi connectivity index (χ2n) is 4.89. The van der Waals surface area contributed by atoms with Crippen LogP contribution in [-0.4, -0.2) is 35.7 Å². The van der Waals surface area contributed by atoms with Crippen molar-refractivity contribution < 1.29 is 14.3 Å². The summed E-state index contributed by atoms with van der Waals surface area (Å²) in [6.07, 6.45) is 0.692. The van der Waals surface area contributed by atoms with Crippen LogP contribution in [-0.2, 0) is 6.42 Å². The Morgan fingerprint density at radius 3 is 2.55 bits per heavy atom. The first kappa shape index (κ1) is 16.0. The van der Waals surface area contributed by atoms with Crippen molar-refractivity contribution in [2.75, 3.05) is 25.0 Å². The molecule has 2 N–H and O–H groups in total. The molecule has 2 amide bonds. The van der Waals surface area contributed by atoms with Gasteiger partial charge in [-0.25, -0.2) is 9.18 Å². The number of anilines is 1. The van der Waals surface area contributed by atoms with Crippen LogP contribution in [0.5, 0.6) is 0 Å². The average Bonchev–Trinajstić information content (AvgIpc) is 2.52. The number of carbonyl (C=O) groups excluding carboxylic acids is 1. The van der Waals surface area contributed by atoms with Crippen molar-refractivity contribution in [3.63, 3.8) is 0 Å². The summed E-state index contributed by atoms with van der Waals surface area (Å²) in [6, 6.07) is 15.2. The molecule has 0 saturated heterocycles. The lowest BCUT2D eigenvalue weighted by Crippen LogP contribution is -2.38. The van der Waals surface area contributed by atoms with E-state index in [0.717, 1.165) is 5.56 Å². The Kier molecular flexibility index (Phi) is 5.91. The van der Waals surface area contributed by atoms with Crippen molar-refractivity contribution in [2.24, 2.45) is 0 Å². The van der Waals surface area contributed by atoms with Gasteiger partial charge in [-0.1, -0.05) is 36.4 Å². The summed E-state index contributed by atoms with van der Waals surface area (Å²) in [7, 11) is 0. The highest BCUT2D eigenvalue weighted by atomic mass is 19.1. The Labute approximate surface area is 129 Å². The van der Waals surface area contributed by atoms with E-state index in [4.69, 9.17) is 5.11 Å². The van der Waals surface area contributed by atoms with Crippen LogP contribution >= 0.6 is 0 Å². The number of benzene rings is 2. The average molecular weight is 302 g/mol. The Morgan fingerprint density at radius 1 is 1.09 bits per heavy atom. The summed E-state index contributed by atoms with van der Waals surface area (Å²) in [6.45, 7) is 0.588. The Morgan fingerprint density at radius 2 is 1.86 bits per heavy atom. The summed E-state index contributed by atoms with van der Waals surface area (Å²) >= 11 is 0. The van der Waals surface area contributed by atoms with Crippen molar-refractivity contribution >= 4 is 11.7 Å². The second-order valence-corrected chi connectivity index (χ2v) is 4.89. The number of urea groups is 1. The van der Waals surface area contributed by atoms with E-state index < -0.39 is 5.82 Å². The molecule has 0 spiro atoms. The lowest BCUT2D eigenvalue weighted by atomic mass is 10.1. The number of hydrogen-bond donors (Lipinski definition) is 2. The number of nitrogens with zero attached hydrogens (tertiary/aromatic N) is 1. The van der Waals surface area contributed by atoms with Gasteiger partial charge in [-0.2, -0.15) is 0 Å². The highest BCUT2D eigenvalue weighted by molar-refractivity contribution is 5.89. The lowest BCUT2D eigenvalue weighted by molar-refractivity contribution is 0.189. The van der Waals surface area contributed by atoms with E-state index in [-0.39, 0.29) is 19.2 Å². The van der Waals surface area contributed by atoms with Gasteiger partial charge in [0, 0.05) is 18.8 Å². The minimum atomic E-state index is -0.407. The summed E-state index contributed by atoms with van der Waals surface area (Å²) in [5.41, 5.74) is 1.51. The number of amides is 2. The van der Waals surface area contributed by atoms with Gasteiger partial charge in [-0.3, -0.25) is 0 Å². The first-order valence-corrected chi connectivity index (χ1v) is 7.15. The van der Waals surface area contributed by atoms with Crippen LogP contribution in [0.15, 0.2) is 54.6 Å². The fraction of sp³-hybridized carbons (Fsp3) is 0.235. The van der Waals surface area contributed by atoms with Crippen molar-refractivity contribution in [1.82, 2.24) is 4.90 Å². The van der Waals surface area contributed by atoms with Crippen molar-refractivity contribution in [2.45, 2.75) is 6.42 Å². The molecule has 0 aliphatic rings. The minimum Gasteiger partial charge on any atom is -0.395 e. The largest absolute Gasteiger partial charge is 0.395 e. The quantitative estimate of drug-likeness (QED) is 0.862. The molecule has 0 aliphatic heterocycles. The Balaban J connectivity index is 1.96. The monoisotopic (exact) mass is 302 g/mol. The normalized spacial score (nSPS) is 10.3. The molecule has 5 heteroatoms. The van der Waals surface area contributed by atoms with E-state index in [2.05, 4.69) is 5.32 Å². The van der Waals surface area contributed by atoms with Gasteiger partial charge in [0.05, 0.1) is 6.61 Å². The molecule has 0 aromatic heterocycles. The Hall–Kier alpha value is -2.40. The summed E-state index contributed by atoms with van der Waals surface area (Å²) in [5, 5.41) is 11.8. The molecule has 2 aromatic carbocycles. The molecule has 0 saturated carbocycles. The molecule has 0 unspecified atom stereocenters. The smallest absolute Gasteiger partial charge is 0.321 e. The zero-order valence-corrected chi connectivity index (χ0v) is 12.2. The van der Waals surface area contributed by atoms with Gasteiger partial charge in [0.25, 0.3) is 0 Å². The third-order valence-electron chi connectivity index (χ3n) is 3.25. The number of carbonyl (C=O) groups is 1. The number of nitrogens with one attached hydrogen (secondary N) is 1. The van der Waals surface area contributed by atoms with E-state index in [1.807, 2.05) is 30.3 Å². The third-order valence-corrected chi connectivity index (χ3v) is 3.25. The molecular weight excluding hydrogens is 283 g/mol. The molecule has 116 valence electrons. The molecule has 2 aromatic rings. The molecule has 0 fully saturated rings. The second kappa shape index (κ2) is 8.14. The van der Waals surface area contributed by atoms with Crippen LogP contribution < -0.4 is 5.32 Å². The number of halogens is 1. The fourth-order valence-corrected chi connectivity index (χ4v) is 2.11. The number of hydrogen-bond acceptors (Lipinski definition) is 2. The predicted molar refractivity (Wildman–Crippen MR) is 84.2 cm³/mol. The molecule has 0 heterocycles. The summed E-state index contributed by atoms with van der Waals surface area (Å²) in [4.78, 5) is 13.7. The van der Waals surface area contributed by atoms with Gasteiger partial charge < -0.3 is 15.3 Å². The van der Waals surface area contributed by atoms with E-state index in [0.29, 0.717) is 18.7 Å². The van der Waals surface area contributed by atoms with Gasteiger partial charge in [-0.15, -0.1) is 0 Å². The lowest BCUT2D eigenvalue weighted by Gasteiger charge is -2.22. The highest BCUT2D eigenvalue weighted by Crippen LogP contribution is 2.10. The van der Waals surface area contributed by atoms with Crippen molar-refractivity contribution in [1.29, 1.82) is 0 Å². The molecule has 0 radical (unpaired) electrons. The molecular formula is C17H19FN2O2. The zero-order valence-electron chi connectivity index (χ0n) is 12.2. The number of aliphatic hydroxyl groups is 1. The topological polar surface area (TPSA) is 52.6 Å². The van der Waals surface area contributed by atoms with Crippen molar-refractivity contribution in [3.8, 4) is 0 Å². The molecule has 4 nitrogen and oxygen atoms in total. The van der Waals surface area contributed by atoms with Crippen LogP contribution in [0.3, 0.4) is 0 Å². The van der Waals surface area contributed by atoms with E-state index in [9.17, 15) is 9.18 Å². The van der Waals surface area contributed by atoms with Gasteiger partial charge in [0.2, 0.25) is 0 Å². The van der Waals surface area contributed by atoms with Crippen LogP contribution in [0.2, 0.25) is 0 Å². The fourth-order valence-electron chi connectivity index (χ4n) is 2.11. The van der Waals surface area contributed by atoms with Crippen LogP contribution in [0, 0.1) is 5.82 Å². The number of aliphatic hydroxyl groups excluding tert-OH is 1. The summed E-state index contributed by atoms with van der Waals surface area (Å²) < 4.78 is 13.1. The van der Waals surface area contributed by atoms with Crippen molar-refractivity contribution in [3.05, 3.63) is 66.0 Å². The molecule has 0 atom stereocenters.